The van der Waals surface area contributed by atoms with Gasteiger partial charge in [0.25, 0.3) is 0 Å². The zero-order valence-corrected chi connectivity index (χ0v) is 28.3. The SMILES string of the molecule is CC1(C)c2ccccc2-c2cc3oc4ccc(-c5nc(-c6ccccc6)nc(-c6cccc7oc8ccccc8c67)n5)cc4c3cc2C1(C)C. The Bertz CT molecular complexity index is 2820. The van der Waals surface area contributed by atoms with E-state index in [9.17, 15) is 0 Å². The van der Waals surface area contributed by atoms with Gasteiger partial charge in [-0.3, -0.25) is 0 Å². The summed E-state index contributed by atoms with van der Waals surface area (Å²) < 4.78 is 12.8. The van der Waals surface area contributed by atoms with Gasteiger partial charge in [-0.1, -0.05) is 113 Å². The average Bonchev–Trinajstić information content (AvgIpc) is 3.71. The quantitative estimate of drug-likeness (QED) is 0.191. The van der Waals surface area contributed by atoms with Crippen LogP contribution in [-0.2, 0) is 10.8 Å². The number of hydrogen-bond acceptors (Lipinski definition) is 5. The summed E-state index contributed by atoms with van der Waals surface area (Å²) in [4.78, 5) is 15.3. The Morgan fingerprint density at radius 3 is 1.88 bits per heavy atom. The summed E-state index contributed by atoms with van der Waals surface area (Å²) in [5, 5.41) is 4.16. The largest absolute Gasteiger partial charge is 0.456 e. The maximum atomic E-state index is 6.55. The van der Waals surface area contributed by atoms with Gasteiger partial charge < -0.3 is 8.83 Å². The van der Waals surface area contributed by atoms with Gasteiger partial charge in [-0.25, -0.2) is 15.0 Å². The van der Waals surface area contributed by atoms with Crippen molar-refractivity contribution in [3.8, 4) is 45.3 Å². The average molecular weight is 648 g/mol. The van der Waals surface area contributed by atoms with Crippen molar-refractivity contribution in [3.05, 3.63) is 139 Å². The van der Waals surface area contributed by atoms with Crippen LogP contribution < -0.4 is 0 Å². The third-order valence-corrected chi connectivity index (χ3v) is 11.3. The van der Waals surface area contributed by atoms with Gasteiger partial charge >= 0.3 is 0 Å². The molecule has 0 amide bonds. The fourth-order valence-electron chi connectivity index (χ4n) is 7.94. The fourth-order valence-corrected chi connectivity index (χ4v) is 7.94. The zero-order chi connectivity index (χ0) is 33.8. The van der Waals surface area contributed by atoms with E-state index < -0.39 is 0 Å². The Labute approximate surface area is 289 Å². The molecule has 0 aliphatic heterocycles. The second kappa shape index (κ2) is 10.2. The Morgan fingerprint density at radius 1 is 0.400 bits per heavy atom. The van der Waals surface area contributed by atoms with Crippen LogP contribution in [0.2, 0.25) is 0 Å². The van der Waals surface area contributed by atoms with Crippen molar-refractivity contribution in [2.75, 3.05) is 0 Å². The molecule has 6 aromatic carbocycles. The van der Waals surface area contributed by atoms with Crippen molar-refractivity contribution in [2.24, 2.45) is 0 Å². The number of rotatable bonds is 3. The van der Waals surface area contributed by atoms with Gasteiger partial charge in [0.15, 0.2) is 17.5 Å². The van der Waals surface area contributed by atoms with Crippen molar-refractivity contribution >= 4 is 43.9 Å². The molecule has 1 aliphatic rings. The number of benzene rings is 6. The van der Waals surface area contributed by atoms with Gasteiger partial charge in [0.05, 0.1) is 0 Å². The van der Waals surface area contributed by atoms with E-state index in [4.69, 9.17) is 23.8 Å². The molecule has 0 N–H and O–H groups in total. The van der Waals surface area contributed by atoms with Crippen molar-refractivity contribution in [1.29, 1.82) is 0 Å². The summed E-state index contributed by atoms with van der Waals surface area (Å²) >= 11 is 0. The van der Waals surface area contributed by atoms with Crippen LogP contribution in [-0.4, -0.2) is 15.0 Å². The number of fused-ring (bicyclic) bond motifs is 9. The van der Waals surface area contributed by atoms with Crippen LogP contribution in [0.3, 0.4) is 0 Å². The zero-order valence-electron chi connectivity index (χ0n) is 28.3. The molecule has 0 bridgehead atoms. The van der Waals surface area contributed by atoms with Gasteiger partial charge in [0, 0.05) is 38.2 Å². The lowest BCUT2D eigenvalue weighted by molar-refractivity contribution is 0.299. The highest BCUT2D eigenvalue weighted by Gasteiger charge is 2.46. The second-order valence-electron chi connectivity index (χ2n) is 14.5. The van der Waals surface area contributed by atoms with Crippen molar-refractivity contribution in [2.45, 2.75) is 38.5 Å². The van der Waals surface area contributed by atoms with Gasteiger partial charge in [-0.05, 0) is 75.5 Å². The molecule has 50 heavy (non-hydrogen) atoms. The van der Waals surface area contributed by atoms with Crippen LogP contribution in [0.25, 0.3) is 89.2 Å². The van der Waals surface area contributed by atoms with Crippen LogP contribution in [0.4, 0.5) is 0 Å². The van der Waals surface area contributed by atoms with Crippen LogP contribution in [0.5, 0.6) is 0 Å². The highest BCUT2D eigenvalue weighted by molar-refractivity contribution is 6.12. The first kappa shape index (κ1) is 28.9. The Kier molecular flexibility index (Phi) is 5.91. The molecule has 0 fully saturated rings. The van der Waals surface area contributed by atoms with E-state index >= 15 is 0 Å². The first-order valence-electron chi connectivity index (χ1n) is 17.1. The second-order valence-corrected chi connectivity index (χ2v) is 14.5. The smallest absolute Gasteiger partial charge is 0.164 e. The first-order valence-corrected chi connectivity index (χ1v) is 17.1. The van der Waals surface area contributed by atoms with Gasteiger partial charge in [-0.15, -0.1) is 0 Å². The van der Waals surface area contributed by atoms with Crippen LogP contribution in [0.1, 0.15) is 38.8 Å². The maximum absolute atomic E-state index is 6.55. The molecule has 0 atom stereocenters. The van der Waals surface area contributed by atoms with Crippen molar-refractivity contribution < 1.29 is 8.83 Å². The van der Waals surface area contributed by atoms with Crippen LogP contribution in [0.15, 0.2) is 136 Å². The normalized spacial score (nSPS) is 14.7. The molecule has 3 heterocycles. The summed E-state index contributed by atoms with van der Waals surface area (Å²) in [7, 11) is 0. The predicted octanol–water partition coefficient (Wildman–Crippen LogP) is 11.9. The maximum Gasteiger partial charge on any atom is 0.164 e. The minimum atomic E-state index is -0.113. The van der Waals surface area contributed by atoms with Crippen LogP contribution in [0, 0.1) is 0 Å². The number of nitrogens with zero attached hydrogens (tertiary/aromatic N) is 3. The molecule has 0 unspecified atom stereocenters. The Hall–Kier alpha value is -6.07. The molecular weight excluding hydrogens is 615 g/mol. The molecule has 1 aliphatic carbocycles. The lowest BCUT2D eigenvalue weighted by atomic mass is 9.55. The predicted molar refractivity (Wildman–Crippen MR) is 202 cm³/mol. The number of hydrogen-bond donors (Lipinski definition) is 0. The molecule has 5 heteroatoms. The summed E-state index contributed by atoms with van der Waals surface area (Å²) in [6.45, 7) is 9.45. The molecule has 10 rings (SSSR count). The first-order chi connectivity index (χ1) is 24.3. The summed E-state index contributed by atoms with van der Waals surface area (Å²) in [5.41, 5.74) is 11.1. The topological polar surface area (TPSA) is 65.0 Å². The minimum Gasteiger partial charge on any atom is -0.456 e. The van der Waals surface area contributed by atoms with Gasteiger partial charge in [-0.2, -0.15) is 0 Å². The van der Waals surface area contributed by atoms with E-state index in [0.717, 1.165) is 60.6 Å². The summed E-state index contributed by atoms with van der Waals surface area (Å²) in [6, 6.07) is 43.9. The highest BCUT2D eigenvalue weighted by atomic mass is 16.3. The lowest BCUT2D eigenvalue weighted by Gasteiger charge is -2.48. The van der Waals surface area contributed by atoms with E-state index in [2.05, 4.69) is 88.4 Å². The van der Waals surface area contributed by atoms with Gasteiger partial charge in [0.1, 0.15) is 22.3 Å². The van der Waals surface area contributed by atoms with E-state index in [0.29, 0.717) is 17.5 Å². The van der Waals surface area contributed by atoms with E-state index in [1.807, 2.05) is 66.7 Å². The number of para-hydroxylation sites is 1. The standard InChI is InChI=1S/C45H33N3O2/c1-44(2)34-18-10-8-15-28(34)31-25-39-33(24-35(31)45(44,3)4)32-23-27(21-22-37(32)50-39)42-46-41(26-13-6-5-7-14-26)47-43(48-42)30-17-12-20-38-40(30)29-16-9-11-19-36(29)49-38/h5-25H,1-4H3. The van der Waals surface area contributed by atoms with E-state index in [1.165, 1.54) is 22.3 Å². The molecule has 0 saturated heterocycles. The molecule has 9 aromatic rings. The monoisotopic (exact) mass is 647 g/mol. The molecule has 0 radical (unpaired) electrons. The van der Waals surface area contributed by atoms with E-state index in [-0.39, 0.29) is 10.8 Å². The minimum absolute atomic E-state index is 0.0622. The molecular formula is C45H33N3O2. The third kappa shape index (κ3) is 4.04. The molecule has 3 aromatic heterocycles. The number of aromatic nitrogens is 3. The van der Waals surface area contributed by atoms with Gasteiger partial charge in [0.2, 0.25) is 0 Å². The Balaban J connectivity index is 1.20. The van der Waals surface area contributed by atoms with Crippen LogP contribution >= 0.6 is 0 Å². The molecule has 0 spiro atoms. The third-order valence-electron chi connectivity index (χ3n) is 11.3. The highest BCUT2D eigenvalue weighted by Crippen LogP contribution is 2.55. The van der Waals surface area contributed by atoms with Crippen molar-refractivity contribution in [3.63, 3.8) is 0 Å². The Morgan fingerprint density at radius 2 is 1.02 bits per heavy atom. The molecule has 0 saturated carbocycles. The fraction of sp³-hybridized carbons (Fsp3) is 0.133. The summed E-state index contributed by atoms with van der Waals surface area (Å²) in [5.74, 6) is 1.81. The lowest BCUT2D eigenvalue weighted by Crippen LogP contribution is -2.43. The molecule has 240 valence electrons. The van der Waals surface area contributed by atoms with Crippen molar-refractivity contribution in [1.82, 2.24) is 15.0 Å². The van der Waals surface area contributed by atoms with E-state index in [1.54, 1.807) is 0 Å². The number of furan rings is 2. The molecule has 5 nitrogen and oxygen atoms in total. The summed E-state index contributed by atoms with van der Waals surface area (Å²) in [6.07, 6.45) is 0.